The van der Waals surface area contributed by atoms with E-state index in [4.69, 9.17) is 18.9 Å². The number of unbranched alkanes of at least 4 members (excludes halogenated alkanes) is 24. The minimum absolute atomic E-state index is 0.249. The zero-order valence-corrected chi connectivity index (χ0v) is 45.4. The van der Waals surface area contributed by atoms with Gasteiger partial charge in [0.2, 0.25) is 5.91 Å². The Kier molecular flexibility index (Phi) is 41.0. The molecule has 0 bridgehead atoms. The predicted molar refractivity (Wildman–Crippen MR) is 290 cm³/mol. The Hall–Kier alpha value is -2.31. The highest BCUT2D eigenvalue weighted by atomic mass is 16.7. The van der Waals surface area contributed by atoms with E-state index in [2.05, 4.69) is 67.8 Å². The molecule has 0 saturated carbocycles. The molecule has 9 N–H and O–H groups in total. The van der Waals surface area contributed by atoms with Crippen molar-refractivity contribution in [2.24, 2.45) is 0 Å². The number of nitrogens with one attached hydrogen (secondary N) is 1. The van der Waals surface area contributed by atoms with E-state index in [1.807, 2.05) is 6.08 Å². The number of hydrogen-bond donors (Lipinski definition) is 9. The van der Waals surface area contributed by atoms with Crippen molar-refractivity contribution < 1.29 is 64.6 Å². The Morgan fingerprint density at radius 1 is 0.507 bits per heavy atom. The van der Waals surface area contributed by atoms with Gasteiger partial charge in [0.1, 0.15) is 48.8 Å². The molecular weight excluding hydrogens is 931 g/mol. The summed E-state index contributed by atoms with van der Waals surface area (Å²) in [5, 5.41) is 87.1. The average Bonchev–Trinajstić information content (AvgIpc) is 3.39. The van der Waals surface area contributed by atoms with Crippen LogP contribution in [0.2, 0.25) is 0 Å². The number of amides is 1. The Bertz CT molecular complexity index is 1450. The maximum Gasteiger partial charge on any atom is 0.220 e. The first-order chi connectivity index (χ1) is 35.6. The molecule has 0 aromatic heterocycles. The molecule has 2 fully saturated rings. The van der Waals surface area contributed by atoms with E-state index in [0.717, 1.165) is 70.6 Å². The number of hydrogen-bond acceptors (Lipinski definition) is 13. The van der Waals surface area contributed by atoms with Gasteiger partial charge in [-0.1, -0.05) is 209 Å². The molecular formula is C59H105NO13. The standard InChI is InChI=1S/C59H105NO13/c1-3-5-7-9-11-13-15-17-19-21-23-24-25-27-29-31-33-35-37-39-41-43-51(64)60-47(48(63)42-40-38-36-34-32-30-28-26-22-20-18-16-14-12-10-8-6-4-2)46-70-58-56(69)54(67)57(50(45-62)72-58)73-59-55(68)53(66)52(65)49(44-61)71-59/h5,7,11,13,17,19,23-24,40,42,47-50,52-59,61-63,65-69H,3-4,6,8-10,12,14-16,18,20-22,25-39,41,43-46H2,1-2H3,(H,60,64)/b7-5-,13-11-,19-17-,24-23-,42-40+. The molecule has 2 aliphatic rings. The lowest BCUT2D eigenvalue weighted by Crippen LogP contribution is -2.65. The maximum absolute atomic E-state index is 13.2. The topological polar surface area (TPSA) is 228 Å². The molecule has 0 aromatic rings. The number of aliphatic hydroxyl groups is 8. The fraction of sp³-hybridized carbons (Fsp3) is 0.814. The summed E-state index contributed by atoms with van der Waals surface area (Å²) in [4.78, 5) is 13.2. The van der Waals surface area contributed by atoms with Crippen LogP contribution >= 0.6 is 0 Å². The third-order valence-corrected chi connectivity index (χ3v) is 14.0. The minimum atomic E-state index is -1.79. The maximum atomic E-state index is 13.2. The quantitative estimate of drug-likeness (QED) is 0.0205. The van der Waals surface area contributed by atoms with Gasteiger partial charge in [-0.3, -0.25) is 4.79 Å². The van der Waals surface area contributed by atoms with Crippen LogP contribution in [-0.2, 0) is 23.7 Å². The van der Waals surface area contributed by atoms with E-state index < -0.39 is 86.8 Å². The number of carbonyl (C=O) groups is 1. The second-order valence-electron chi connectivity index (χ2n) is 20.4. The molecule has 12 unspecified atom stereocenters. The van der Waals surface area contributed by atoms with Gasteiger partial charge in [-0.2, -0.15) is 0 Å². The number of rotatable bonds is 45. The molecule has 2 rings (SSSR count). The summed E-state index contributed by atoms with van der Waals surface area (Å²) in [6, 6.07) is -0.921. The highest BCUT2D eigenvalue weighted by Crippen LogP contribution is 2.30. The first kappa shape index (κ1) is 66.8. The van der Waals surface area contributed by atoms with E-state index in [1.165, 1.54) is 116 Å². The summed E-state index contributed by atoms with van der Waals surface area (Å²) in [6.45, 7) is 2.68. The van der Waals surface area contributed by atoms with Crippen molar-refractivity contribution >= 4 is 5.91 Å². The Morgan fingerprint density at radius 3 is 1.45 bits per heavy atom. The van der Waals surface area contributed by atoms with E-state index >= 15 is 0 Å². The van der Waals surface area contributed by atoms with E-state index in [0.29, 0.717) is 6.42 Å². The van der Waals surface area contributed by atoms with E-state index in [-0.39, 0.29) is 18.9 Å². The highest BCUT2D eigenvalue weighted by Gasteiger charge is 2.51. The van der Waals surface area contributed by atoms with Crippen LogP contribution in [0.25, 0.3) is 0 Å². The summed E-state index contributed by atoms with van der Waals surface area (Å²) in [5.41, 5.74) is 0. The lowest BCUT2D eigenvalue weighted by Gasteiger charge is -2.46. The van der Waals surface area contributed by atoms with Gasteiger partial charge >= 0.3 is 0 Å². The molecule has 0 spiro atoms. The number of ether oxygens (including phenoxy) is 4. The third-order valence-electron chi connectivity index (χ3n) is 14.0. The van der Waals surface area contributed by atoms with Gasteiger partial charge in [0.25, 0.3) is 0 Å². The van der Waals surface area contributed by atoms with E-state index in [1.54, 1.807) is 6.08 Å². The Balaban J connectivity index is 1.79. The fourth-order valence-corrected chi connectivity index (χ4v) is 9.28. The molecule has 0 radical (unpaired) electrons. The zero-order chi connectivity index (χ0) is 53.2. The van der Waals surface area contributed by atoms with Gasteiger partial charge in [0, 0.05) is 6.42 Å². The van der Waals surface area contributed by atoms with Crippen molar-refractivity contribution in [3.8, 4) is 0 Å². The molecule has 0 aromatic carbocycles. The molecule has 2 heterocycles. The molecule has 1 amide bonds. The van der Waals surface area contributed by atoms with Crippen molar-refractivity contribution in [2.75, 3.05) is 19.8 Å². The molecule has 14 nitrogen and oxygen atoms in total. The summed E-state index contributed by atoms with van der Waals surface area (Å²) in [6.07, 6.45) is 39.6. The number of allylic oxidation sites excluding steroid dienone is 9. The second-order valence-corrected chi connectivity index (χ2v) is 20.4. The zero-order valence-electron chi connectivity index (χ0n) is 45.4. The fourth-order valence-electron chi connectivity index (χ4n) is 9.28. The molecule has 14 heteroatoms. The molecule has 12 atom stereocenters. The lowest BCUT2D eigenvalue weighted by atomic mass is 9.97. The molecule has 2 aliphatic heterocycles. The monoisotopic (exact) mass is 1040 g/mol. The number of aliphatic hydroxyl groups excluding tert-OH is 8. The average molecular weight is 1040 g/mol. The van der Waals surface area contributed by atoms with Crippen LogP contribution in [0.15, 0.2) is 60.8 Å². The van der Waals surface area contributed by atoms with Crippen molar-refractivity contribution in [3.05, 3.63) is 60.8 Å². The highest BCUT2D eigenvalue weighted by molar-refractivity contribution is 5.76. The van der Waals surface area contributed by atoms with Gasteiger partial charge in [-0.05, 0) is 57.8 Å². The normalized spacial score (nSPS) is 25.8. The van der Waals surface area contributed by atoms with Crippen LogP contribution in [0.5, 0.6) is 0 Å². The summed E-state index contributed by atoms with van der Waals surface area (Å²) >= 11 is 0. The predicted octanol–water partition coefficient (Wildman–Crippen LogP) is 9.39. The summed E-state index contributed by atoms with van der Waals surface area (Å²) < 4.78 is 22.8. The minimum Gasteiger partial charge on any atom is -0.394 e. The largest absolute Gasteiger partial charge is 0.394 e. The molecule has 0 aliphatic carbocycles. The molecule has 424 valence electrons. The number of carbonyl (C=O) groups excluding carboxylic acids is 1. The van der Waals surface area contributed by atoms with Crippen molar-refractivity contribution in [1.82, 2.24) is 5.32 Å². The first-order valence-corrected chi connectivity index (χ1v) is 29.0. The summed E-state index contributed by atoms with van der Waals surface area (Å²) in [7, 11) is 0. The van der Waals surface area contributed by atoms with Gasteiger partial charge in [0.05, 0.1) is 32.0 Å². The van der Waals surface area contributed by atoms with Crippen LogP contribution in [0.3, 0.4) is 0 Å². The van der Waals surface area contributed by atoms with Crippen molar-refractivity contribution in [2.45, 2.75) is 286 Å². The lowest BCUT2D eigenvalue weighted by molar-refractivity contribution is -0.359. The Morgan fingerprint density at radius 2 is 0.945 bits per heavy atom. The third kappa shape index (κ3) is 30.9. The van der Waals surface area contributed by atoms with Crippen LogP contribution in [-0.4, -0.2) is 140 Å². The van der Waals surface area contributed by atoms with Gasteiger partial charge in [-0.15, -0.1) is 0 Å². The smallest absolute Gasteiger partial charge is 0.220 e. The van der Waals surface area contributed by atoms with Gasteiger partial charge < -0.3 is 65.1 Å². The summed E-state index contributed by atoms with van der Waals surface area (Å²) in [5.74, 6) is -0.249. The molecule has 73 heavy (non-hydrogen) atoms. The first-order valence-electron chi connectivity index (χ1n) is 29.0. The van der Waals surface area contributed by atoms with Gasteiger partial charge in [0.15, 0.2) is 12.6 Å². The Labute approximate surface area is 441 Å². The van der Waals surface area contributed by atoms with E-state index in [9.17, 15) is 45.6 Å². The van der Waals surface area contributed by atoms with Crippen LogP contribution in [0.1, 0.15) is 213 Å². The van der Waals surface area contributed by atoms with Crippen molar-refractivity contribution in [1.29, 1.82) is 0 Å². The van der Waals surface area contributed by atoms with Crippen LogP contribution in [0, 0.1) is 0 Å². The molecule has 2 saturated heterocycles. The van der Waals surface area contributed by atoms with Gasteiger partial charge in [-0.25, -0.2) is 0 Å². The van der Waals surface area contributed by atoms with Crippen molar-refractivity contribution in [3.63, 3.8) is 0 Å². The second kappa shape index (κ2) is 44.8. The SMILES string of the molecule is CC/C=C\C/C=C\C/C=C\C/C=C\CCCCCCCCCCC(=O)NC(COC1OC(CO)C(OC2OC(CO)C(O)C(O)C2O)C(O)C1O)C(O)/C=C/CCCCCCCCCCCCCCCCCC. The van der Waals surface area contributed by atoms with Crippen LogP contribution < -0.4 is 5.32 Å². The van der Waals surface area contributed by atoms with Crippen LogP contribution in [0.4, 0.5) is 0 Å².